The SMILES string of the molecule is Cl.NCC1=CCC23OCC=C2CC3=C1. The van der Waals surface area contributed by atoms with Crippen LogP contribution in [0.1, 0.15) is 12.8 Å². The Morgan fingerprint density at radius 3 is 2.86 bits per heavy atom. The summed E-state index contributed by atoms with van der Waals surface area (Å²) < 4.78 is 5.79. The Morgan fingerprint density at radius 1 is 1.36 bits per heavy atom. The highest BCUT2D eigenvalue weighted by atomic mass is 35.5. The van der Waals surface area contributed by atoms with Crippen molar-refractivity contribution in [1.29, 1.82) is 0 Å². The van der Waals surface area contributed by atoms with E-state index in [4.69, 9.17) is 10.5 Å². The van der Waals surface area contributed by atoms with Gasteiger partial charge in [0.2, 0.25) is 0 Å². The molecular weight excluding hydrogens is 198 g/mol. The van der Waals surface area contributed by atoms with Crippen LogP contribution in [-0.4, -0.2) is 18.8 Å². The van der Waals surface area contributed by atoms with E-state index in [2.05, 4.69) is 18.2 Å². The van der Waals surface area contributed by atoms with Crippen molar-refractivity contribution in [3.05, 3.63) is 34.9 Å². The van der Waals surface area contributed by atoms with Gasteiger partial charge in [-0.1, -0.05) is 18.2 Å². The van der Waals surface area contributed by atoms with Gasteiger partial charge < -0.3 is 10.5 Å². The van der Waals surface area contributed by atoms with Crippen LogP contribution in [0.4, 0.5) is 0 Å². The molecule has 1 atom stereocenters. The van der Waals surface area contributed by atoms with Crippen LogP contribution < -0.4 is 5.73 Å². The van der Waals surface area contributed by atoms with Gasteiger partial charge in [0.05, 0.1) is 6.61 Å². The van der Waals surface area contributed by atoms with Gasteiger partial charge in [-0.2, -0.15) is 0 Å². The molecule has 1 saturated carbocycles. The normalized spacial score (nSPS) is 32.8. The van der Waals surface area contributed by atoms with E-state index in [1.165, 1.54) is 16.7 Å². The average Bonchev–Trinajstić information content (AvgIpc) is 2.45. The topological polar surface area (TPSA) is 35.2 Å². The lowest BCUT2D eigenvalue weighted by molar-refractivity contribution is 0.0270. The molecule has 1 spiro atoms. The maximum Gasteiger partial charge on any atom is 0.115 e. The molecule has 2 aliphatic carbocycles. The molecule has 3 heteroatoms. The smallest absolute Gasteiger partial charge is 0.115 e. The van der Waals surface area contributed by atoms with Gasteiger partial charge in [-0.3, -0.25) is 0 Å². The molecule has 3 rings (SSSR count). The predicted molar refractivity (Wildman–Crippen MR) is 58.5 cm³/mol. The summed E-state index contributed by atoms with van der Waals surface area (Å²) in [6, 6.07) is 0. The zero-order chi connectivity index (χ0) is 8.89. The average molecular weight is 212 g/mol. The van der Waals surface area contributed by atoms with Crippen molar-refractivity contribution in [3.8, 4) is 0 Å². The van der Waals surface area contributed by atoms with Crippen molar-refractivity contribution in [2.75, 3.05) is 13.2 Å². The Bertz CT molecular complexity index is 356. The molecule has 14 heavy (non-hydrogen) atoms. The molecule has 0 aromatic carbocycles. The van der Waals surface area contributed by atoms with E-state index < -0.39 is 0 Å². The van der Waals surface area contributed by atoms with Crippen LogP contribution in [0.25, 0.3) is 0 Å². The van der Waals surface area contributed by atoms with Gasteiger partial charge in [0.1, 0.15) is 5.60 Å². The molecular formula is C11H14ClNO. The molecule has 0 aromatic rings. The molecule has 1 aliphatic heterocycles. The number of hydrogen-bond acceptors (Lipinski definition) is 2. The number of halogens is 1. The fourth-order valence-electron chi connectivity index (χ4n) is 2.49. The van der Waals surface area contributed by atoms with E-state index in [1.807, 2.05) is 0 Å². The van der Waals surface area contributed by atoms with Crippen molar-refractivity contribution in [1.82, 2.24) is 0 Å². The number of nitrogens with two attached hydrogens (primary N) is 1. The molecule has 0 aromatic heterocycles. The fraction of sp³-hybridized carbons (Fsp3) is 0.455. The summed E-state index contributed by atoms with van der Waals surface area (Å²) in [6.45, 7) is 1.44. The quantitative estimate of drug-likeness (QED) is 0.671. The minimum atomic E-state index is -0.00132. The molecule has 2 nitrogen and oxygen atoms in total. The highest BCUT2D eigenvalue weighted by Gasteiger charge is 2.50. The Morgan fingerprint density at radius 2 is 2.21 bits per heavy atom. The standard InChI is InChI=1S/C11H13NO.ClH/c12-7-8-1-3-11-9(2-4-13-11)6-10(11)5-8;/h1-2,5H,3-4,6-7,12H2;1H. The lowest BCUT2D eigenvalue weighted by atomic mass is 9.66. The van der Waals surface area contributed by atoms with E-state index in [-0.39, 0.29) is 18.0 Å². The lowest BCUT2D eigenvalue weighted by Crippen LogP contribution is -2.43. The van der Waals surface area contributed by atoms with Crippen LogP contribution in [0.3, 0.4) is 0 Å². The molecule has 0 saturated heterocycles. The second kappa shape index (κ2) is 3.23. The second-order valence-corrected chi connectivity index (χ2v) is 3.90. The number of ether oxygens (including phenoxy) is 1. The summed E-state index contributed by atoms with van der Waals surface area (Å²) >= 11 is 0. The molecule has 76 valence electrons. The van der Waals surface area contributed by atoms with Gasteiger partial charge in [-0.15, -0.1) is 12.4 Å². The summed E-state index contributed by atoms with van der Waals surface area (Å²) in [6.07, 6.45) is 8.75. The zero-order valence-corrected chi connectivity index (χ0v) is 8.77. The first-order valence-electron chi connectivity index (χ1n) is 4.79. The maximum atomic E-state index is 5.79. The largest absolute Gasteiger partial charge is 0.362 e. The summed E-state index contributed by atoms with van der Waals surface area (Å²) in [7, 11) is 0. The molecule has 2 N–H and O–H groups in total. The maximum absolute atomic E-state index is 5.79. The minimum absolute atomic E-state index is 0. The van der Waals surface area contributed by atoms with Crippen molar-refractivity contribution in [3.63, 3.8) is 0 Å². The summed E-state index contributed by atoms with van der Waals surface area (Å²) in [5.74, 6) is 0. The third-order valence-corrected chi connectivity index (χ3v) is 3.32. The first-order valence-corrected chi connectivity index (χ1v) is 4.79. The first kappa shape index (κ1) is 9.97. The van der Waals surface area contributed by atoms with E-state index in [0.29, 0.717) is 6.54 Å². The van der Waals surface area contributed by atoms with Crippen molar-refractivity contribution in [2.45, 2.75) is 18.4 Å². The van der Waals surface area contributed by atoms with Gasteiger partial charge >= 0.3 is 0 Å². The summed E-state index contributed by atoms with van der Waals surface area (Å²) in [5.41, 5.74) is 9.77. The molecule has 3 aliphatic rings. The van der Waals surface area contributed by atoms with Crippen LogP contribution in [0.5, 0.6) is 0 Å². The molecule has 1 unspecified atom stereocenters. The third-order valence-electron chi connectivity index (χ3n) is 3.32. The predicted octanol–water partition coefficient (Wildman–Crippen LogP) is 1.72. The van der Waals surface area contributed by atoms with Gasteiger partial charge in [0, 0.05) is 13.0 Å². The minimum Gasteiger partial charge on any atom is -0.362 e. The van der Waals surface area contributed by atoms with E-state index in [9.17, 15) is 0 Å². The van der Waals surface area contributed by atoms with Gasteiger partial charge in [-0.25, -0.2) is 0 Å². The molecule has 0 bridgehead atoms. The van der Waals surface area contributed by atoms with Crippen LogP contribution in [0.15, 0.2) is 34.9 Å². The highest BCUT2D eigenvalue weighted by molar-refractivity contribution is 5.85. The highest BCUT2D eigenvalue weighted by Crippen LogP contribution is 2.53. The molecule has 1 fully saturated rings. The van der Waals surface area contributed by atoms with Crippen molar-refractivity contribution >= 4 is 12.4 Å². The van der Waals surface area contributed by atoms with Crippen LogP contribution >= 0.6 is 12.4 Å². The van der Waals surface area contributed by atoms with Crippen LogP contribution in [0, 0.1) is 0 Å². The Kier molecular flexibility index (Phi) is 2.30. The summed E-state index contributed by atoms with van der Waals surface area (Å²) in [5, 5.41) is 0. The molecule has 1 heterocycles. The van der Waals surface area contributed by atoms with E-state index in [0.717, 1.165) is 19.4 Å². The third kappa shape index (κ3) is 1.05. The first-order chi connectivity index (χ1) is 6.35. The van der Waals surface area contributed by atoms with Gasteiger partial charge in [0.15, 0.2) is 0 Å². The molecule has 0 amide bonds. The Labute approximate surface area is 89.9 Å². The lowest BCUT2D eigenvalue weighted by Gasteiger charge is -2.45. The monoisotopic (exact) mass is 211 g/mol. The Hall–Kier alpha value is -0.570. The van der Waals surface area contributed by atoms with Crippen molar-refractivity contribution in [2.24, 2.45) is 5.73 Å². The van der Waals surface area contributed by atoms with Crippen LogP contribution in [0.2, 0.25) is 0 Å². The Balaban J connectivity index is 0.000000750. The van der Waals surface area contributed by atoms with Gasteiger partial charge in [-0.05, 0) is 23.1 Å². The number of rotatable bonds is 1. The van der Waals surface area contributed by atoms with Crippen LogP contribution in [-0.2, 0) is 4.74 Å². The van der Waals surface area contributed by atoms with Gasteiger partial charge in [0.25, 0.3) is 0 Å². The van der Waals surface area contributed by atoms with E-state index in [1.54, 1.807) is 0 Å². The zero-order valence-electron chi connectivity index (χ0n) is 7.95. The fourth-order valence-corrected chi connectivity index (χ4v) is 2.49. The molecule has 0 radical (unpaired) electrons. The number of hydrogen-bond donors (Lipinski definition) is 1. The van der Waals surface area contributed by atoms with Crippen molar-refractivity contribution < 1.29 is 4.74 Å². The van der Waals surface area contributed by atoms with E-state index >= 15 is 0 Å². The second-order valence-electron chi connectivity index (χ2n) is 3.90. The summed E-state index contributed by atoms with van der Waals surface area (Å²) in [4.78, 5) is 0.